The van der Waals surface area contributed by atoms with Gasteiger partial charge in [0.05, 0.1) is 5.92 Å². The molecule has 1 rings (SSSR count). The van der Waals surface area contributed by atoms with Gasteiger partial charge >= 0.3 is 0 Å². The number of nitrogens with zero attached hydrogens (tertiary/aromatic N) is 1. The average Bonchev–Trinajstić information content (AvgIpc) is 2.52. The third-order valence-corrected chi connectivity index (χ3v) is 4.08. The van der Waals surface area contributed by atoms with Crippen molar-refractivity contribution >= 4 is 17.7 Å². The summed E-state index contributed by atoms with van der Waals surface area (Å²) in [6, 6.07) is 0. The first kappa shape index (κ1) is 14.8. The first-order valence-electron chi connectivity index (χ1n) is 6.50. The van der Waals surface area contributed by atoms with Crippen LogP contribution in [0.4, 0.5) is 0 Å². The molecule has 1 aliphatic rings. The van der Waals surface area contributed by atoms with Crippen molar-refractivity contribution in [3.63, 3.8) is 0 Å². The van der Waals surface area contributed by atoms with Crippen LogP contribution < -0.4 is 5.73 Å². The number of carbonyl (C=O) groups is 1. The summed E-state index contributed by atoms with van der Waals surface area (Å²) < 4.78 is 0. The Morgan fingerprint density at radius 1 is 1.35 bits per heavy atom. The van der Waals surface area contributed by atoms with Crippen LogP contribution in [0.1, 0.15) is 33.6 Å². The fraction of sp³-hybridized carbons (Fsp3) is 0.923. The monoisotopic (exact) mass is 258 g/mol. The van der Waals surface area contributed by atoms with Crippen molar-refractivity contribution in [2.75, 3.05) is 31.1 Å². The lowest BCUT2D eigenvalue weighted by molar-refractivity contribution is -0.135. The number of hydrogen-bond acceptors (Lipinski definition) is 3. The summed E-state index contributed by atoms with van der Waals surface area (Å²) in [5.41, 5.74) is 5.94. The van der Waals surface area contributed by atoms with Crippen molar-refractivity contribution in [2.24, 2.45) is 17.1 Å². The van der Waals surface area contributed by atoms with Crippen LogP contribution >= 0.6 is 11.8 Å². The molecule has 0 spiro atoms. The van der Waals surface area contributed by atoms with Crippen molar-refractivity contribution in [1.82, 2.24) is 4.90 Å². The van der Waals surface area contributed by atoms with Gasteiger partial charge < -0.3 is 10.6 Å². The number of nitrogens with two attached hydrogens (primary N) is 1. The van der Waals surface area contributed by atoms with Crippen LogP contribution in [0.3, 0.4) is 0 Å². The van der Waals surface area contributed by atoms with Crippen molar-refractivity contribution in [1.29, 1.82) is 0 Å². The lowest BCUT2D eigenvalue weighted by Crippen LogP contribution is -2.41. The van der Waals surface area contributed by atoms with E-state index in [2.05, 4.69) is 20.8 Å². The molecule has 0 aromatic heterocycles. The van der Waals surface area contributed by atoms with E-state index in [9.17, 15) is 4.79 Å². The SMILES string of the molecule is CC(C)(C)CC(CN)C(=O)N1CCCSCC1. The van der Waals surface area contributed by atoms with Gasteiger partial charge in [-0.05, 0) is 24.0 Å². The predicted octanol–water partition coefficient (Wildman–Crippen LogP) is 1.96. The highest BCUT2D eigenvalue weighted by Gasteiger charge is 2.27. The molecule has 1 atom stereocenters. The molecule has 17 heavy (non-hydrogen) atoms. The van der Waals surface area contributed by atoms with Gasteiger partial charge in [-0.1, -0.05) is 20.8 Å². The van der Waals surface area contributed by atoms with Crippen LogP contribution in [0.15, 0.2) is 0 Å². The average molecular weight is 258 g/mol. The summed E-state index contributed by atoms with van der Waals surface area (Å²) >= 11 is 1.94. The molecule has 0 radical (unpaired) electrons. The Morgan fingerprint density at radius 3 is 2.65 bits per heavy atom. The number of hydrogen-bond donors (Lipinski definition) is 1. The molecule has 1 aliphatic heterocycles. The number of thioether (sulfide) groups is 1. The Balaban J connectivity index is 2.57. The van der Waals surface area contributed by atoms with Gasteiger partial charge in [-0.15, -0.1) is 0 Å². The minimum Gasteiger partial charge on any atom is -0.342 e. The normalized spacial score (nSPS) is 19.9. The van der Waals surface area contributed by atoms with Crippen LogP contribution in [0, 0.1) is 11.3 Å². The third kappa shape index (κ3) is 5.30. The molecule has 0 aliphatic carbocycles. The topological polar surface area (TPSA) is 46.3 Å². The maximum Gasteiger partial charge on any atom is 0.227 e. The van der Waals surface area contributed by atoms with Crippen molar-refractivity contribution in [3.05, 3.63) is 0 Å². The standard InChI is InChI=1S/C13H26N2OS/c1-13(2,3)9-11(10-14)12(16)15-5-4-7-17-8-6-15/h11H,4-10,14H2,1-3H3. The number of carbonyl (C=O) groups excluding carboxylic acids is 1. The summed E-state index contributed by atoms with van der Waals surface area (Å²) in [4.78, 5) is 14.4. The molecule has 0 aromatic rings. The minimum absolute atomic E-state index is 0.00176. The van der Waals surface area contributed by atoms with E-state index in [1.165, 1.54) is 5.75 Å². The largest absolute Gasteiger partial charge is 0.342 e. The second-order valence-electron chi connectivity index (χ2n) is 5.99. The minimum atomic E-state index is -0.00176. The molecule has 3 nitrogen and oxygen atoms in total. The van der Waals surface area contributed by atoms with E-state index in [0.717, 1.165) is 31.7 Å². The molecule has 2 N–H and O–H groups in total. The van der Waals surface area contributed by atoms with Crippen LogP contribution in [-0.2, 0) is 4.79 Å². The zero-order valence-corrected chi connectivity index (χ0v) is 12.2. The zero-order chi connectivity index (χ0) is 12.9. The molecule has 0 bridgehead atoms. The van der Waals surface area contributed by atoms with E-state index in [1.807, 2.05) is 16.7 Å². The van der Waals surface area contributed by atoms with Crippen molar-refractivity contribution < 1.29 is 4.79 Å². The smallest absolute Gasteiger partial charge is 0.227 e. The molecule has 1 saturated heterocycles. The highest BCUT2D eigenvalue weighted by atomic mass is 32.2. The van der Waals surface area contributed by atoms with E-state index >= 15 is 0 Å². The van der Waals surface area contributed by atoms with E-state index in [4.69, 9.17) is 5.73 Å². The maximum atomic E-state index is 12.4. The van der Waals surface area contributed by atoms with Gasteiger partial charge in [0.1, 0.15) is 0 Å². The lowest BCUT2D eigenvalue weighted by Gasteiger charge is -2.29. The Morgan fingerprint density at radius 2 is 2.06 bits per heavy atom. The fourth-order valence-electron chi connectivity index (χ4n) is 2.24. The van der Waals surface area contributed by atoms with Gasteiger partial charge in [0.15, 0.2) is 0 Å². The van der Waals surface area contributed by atoms with Crippen LogP contribution in [0.5, 0.6) is 0 Å². The van der Waals surface area contributed by atoms with E-state index in [-0.39, 0.29) is 17.2 Å². The van der Waals surface area contributed by atoms with Gasteiger partial charge in [-0.2, -0.15) is 11.8 Å². The molecular formula is C13H26N2OS. The summed E-state index contributed by atoms with van der Waals surface area (Å²) in [5, 5.41) is 0. The van der Waals surface area contributed by atoms with E-state index in [0.29, 0.717) is 6.54 Å². The molecule has 100 valence electrons. The lowest BCUT2D eigenvalue weighted by atomic mass is 9.84. The van der Waals surface area contributed by atoms with Crippen LogP contribution in [0.2, 0.25) is 0 Å². The Hall–Kier alpha value is -0.220. The van der Waals surface area contributed by atoms with Gasteiger partial charge in [0.25, 0.3) is 0 Å². The highest BCUT2D eigenvalue weighted by Crippen LogP contribution is 2.25. The van der Waals surface area contributed by atoms with E-state index < -0.39 is 0 Å². The van der Waals surface area contributed by atoms with Gasteiger partial charge in [0, 0.05) is 25.4 Å². The van der Waals surface area contributed by atoms with Crippen molar-refractivity contribution in [2.45, 2.75) is 33.6 Å². The maximum absolute atomic E-state index is 12.4. The molecule has 0 saturated carbocycles. The van der Waals surface area contributed by atoms with Crippen molar-refractivity contribution in [3.8, 4) is 0 Å². The quantitative estimate of drug-likeness (QED) is 0.842. The Labute approximate surface area is 109 Å². The first-order valence-corrected chi connectivity index (χ1v) is 7.66. The molecule has 4 heteroatoms. The second kappa shape index (κ2) is 6.64. The number of amides is 1. The summed E-state index contributed by atoms with van der Waals surface area (Å²) in [5.74, 6) is 2.51. The number of rotatable bonds is 3. The fourth-order valence-corrected chi connectivity index (χ4v) is 3.12. The summed E-state index contributed by atoms with van der Waals surface area (Å²) in [6.45, 7) is 8.78. The molecular weight excluding hydrogens is 232 g/mol. The molecule has 1 amide bonds. The molecule has 1 fully saturated rings. The van der Waals surface area contributed by atoms with Gasteiger partial charge in [0.2, 0.25) is 5.91 Å². The van der Waals surface area contributed by atoms with E-state index in [1.54, 1.807) is 0 Å². The summed E-state index contributed by atoms with van der Waals surface area (Å²) in [7, 11) is 0. The highest BCUT2D eigenvalue weighted by molar-refractivity contribution is 7.99. The van der Waals surface area contributed by atoms with Crippen LogP contribution in [0.25, 0.3) is 0 Å². The second-order valence-corrected chi connectivity index (χ2v) is 7.21. The van der Waals surface area contributed by atoms with Gasteiger partial charge in [-0.25, -0.2) is 0 Å². The summed E-state index contributed by atoms with van der Waals surface area (Å²) in [6.07, 6.45) is 2.00. The zero-order valence-electron chi connectivity index (χ0n) is 11.4. The predicted molar refractivity (Wildman–Crippen MR) is 75.1 cm³/mol. The molecule has 1 unspecified atom stereocenters. The third-order valence-electron chi connectivity index (χ3n) is 3.03. The van der Waals surface area contributed by atoms with Gasteiger partial charge in [-0.3, -0.25) is 4.79 Å². The van der Waals surface area contributed by atoms with Crippen LogP contribution in [-0.4, -0.2) is 41.9 Å². The Bertz CT molecular complexity index is 242. The molecule has 0 aromatic carbocycles. The Kier molecular flexibility index (Phi) is 5.80. The molecule has 1 heterocycles. The first-order chi connectivity index (χ1) is 7.94.